The second-order valence-corrected chi connectivity index (χ2v) is 7.45. The molecule has 0 aliphatic carbocycles. The Kier molecular flexibility index (Phi) is 4.82. The summed E-state index contributed by atoms with van der Waals surface area (Å²) in [4.78, 5) is 16.3. The summed E-state index contributed by atoms with van der Waals surface area (Å²) in [7, 11) is 0. The second kappa shape index (κ2) is 6.89. The molecule has 25 heavy (non-hydrogen) atoms. The van der Waals surface area contributed by atoms with Gasteiger partial charge in [-0.2, -0.15) is 0 Å². The first-order valence-corrected chi connectivity index (χ1v) is 8.63. The van der Waals surface area contributed by atoms with Gasteiger partial charge in [-0.1, -0.05) is 41.9 Å². The first-order valence-electron chi connectivity index (χ1n) is 8.25. The molecule has 2 aromatic carbocycles. The van der Waals surface area contributed by atoms with Crippen LogP contribution >= 0.6 is 11.6 Å². The van der Waals surface area contributed by atoms with Crippen molar-refractivity contribution in [3.8, 4) is 0 Å². The Bertz CT molecular complexity index is 816. The van der Waals surface area contributed by atoms with Gasteiger partial charge in [0.05, 0.1) is 0 Å². The second-order valence-electron chi connectivity index (χ2n) is 7.01. The van der Waals surface area contributed by atoms with Crippen LogP contribution in [-0.2, 0) is 17.6 Å². The number of carboxylic acid groups (broad SMARTS) is 1. The van der Waals surface area contributed by atoms with Gasteiger partial charge in [0.15, 0.2) is 6.04 Å². The molecule has 1 heterocycles. The minimum absolute atomic E-state index is 0.216. The summed E-state index contributed by atoms with van der Waals surface area (Å²) < 4.78 is 0. The van der Waals surface area contributed by atoms with E-state index in [0.717, 1.165) is 23.1 Å². The molecular formula is C20H21ClN2O2. The Hall–Kier alpha value is -2.33. The number of carbonyl (C=O) groups is 1. The molecule has 2 N–H and O–H groups in total. The number of halogens is 1. The normalized spacial score (nSPS) is 18.3. The van der Waals surface area contributed by atoms with Gasteiger partial charge in [-0.05, 0) is 49.6 Å². The number of aliphatic carboxylic acids is 1. The standard InChI is InChI=1S/C20H21ClN2O2/c1-20(2)12-14-11-15(21)8-9-16(14)18(23-20)22-17(19(24)25)10-13-6-4-3-5-7-13/h3-9,11,17H,10,12H2,1-2H3,(H,22,23)(H,24,25)/t17-/m0/s1. The Morgan fingerprint density at radius 3 is 2.68 bits per heavy atom. The van der Waals surface area contributed by atoms with Crippen LogP contribution in [0.1, 0.15) is 30.5 Å². The molecule has 0 aromatic heterocycles. The Labute approximate surface area is 152 Å². The van der Waals surface area contributed by atoms with E-state index in [-0.39, 0.29) is 5.54 Å². The molecule has 2 aromatic rings. The maximum atomic E-state index is 11.7. The number of nitrogens with one attached hydrogen (secondary N) is 1. The molecule has 3 rings (SSSR count). The SMILES string of the molecule is CC1(C)Cc2cc(Cl)ccc2C(=N[C@@H](Cc2ccccc2)C(=O)O)N1. The van der Waals surface area contributed by atoms with Crippen LogP contribution in [-0.4, -0.2) is 28.5 Å². The van der Waals surface area contributed by atoms with E-state index < -0.39 is 12.0 Å². The fourth-order valence-corrected chi connectivity index (χ4v) is 3.33. The molecule has 1 aliphatic rings. The van der Waals surface area contributed by atoms with E-state index in [4.69, 9.17) is 11.6 Å². The van der Waals surface area contributed by atoms with Crippen LogP contribution in [0, 0.1) is 0 Å². The number of nitrogens with zero attached hydrogens (tertiary/aromatic N) is 1. The van der Waals surface area contributed by atoms with E-state index in [1.54, 1.807) is 0 Å². The molecule has 0 bridgehead atoms. The minimum Gasteiger partial charge on any atom is -0.480 e. The lowest BCUT2D eigenvalue weighted by molar-refractivity contribution is -0.138. The van der Waals surface area contributed by atoms with Crippen molar-refractivity contribution in [3.63, 3.8) is 0 Å². The van der Waals surface area contributed by atoms with E-state index in [0.29, 0.717) is 17.3 Å². The zero-order valence-corrected chi connectivity index (χ0v) is 15.0. The number of amidine groups is 1. The highest BCUT2D eigenvalue weighted by Crippen LogP contribution is 2.26. The summed E-state index contributed by atoms with van der Waals surface area (Å²) >= 11 is 6.13. The molecule has 1 atom stereocenters. The van der Waals surface area contributed by atoms with Crippen molar-refractivity contribution in [3.05, 3.63) is 70.2 Å². The third kappa shape index (κ3) is 4.20. The maximum absolute atomic E-state index is 11.7. The van der Waals surface area contributed by atoms with Crippen molar-refractivity contribution in [2.24, 2.45) is 4.99 Å². The number of fused-ring (bicyclic) bond motifs is 1. The Morgan fingerprint density at radius 1 is 1.28 bits per heavy atom. The third-order valence-corrected chi connectivity index (χ3v) is 4.49. The van der Waals surface area contributed by atoms with E-state index in [1.807, 2.05) is 48.5 Å². The molecule has 0 spiro atoms. The van der Waals surface area contributed by atoms with Crippen LogP contribution in [0.2, 0.25) is 5.02 Å². The summed E-state index contributed by atoms with van der Waals surface area (Å²) in [5.74, 6) is -0.316. The number of benzene rings is 2. The number of aliphatic imine (C=N–C) groups is 1. The van der Waals surface area contributed by atoms with Crippen molar-refractivity contribution in [2.45, 2.75) is 38.3 Å². The van der Waals surface area contributed by atoms with Gasteiger partial charge in [0.25, 0.3) is 0 Å². The van der Waals surface area contributed by atoms with Gasteiger partial charge in [-0.25, -0.2) is 4.79 Å². The van der Waals surface area contributed by atoms with Crippen molar-refractivity contribution < 1.29 is 9.90 Å². The van der Waals surface area contributed by atoms with Crippen LogP contribution in [0.25, 0.3) is 0 Å². The molecule has 0 radical (unpaired) electrons. The summed E-state index contributed by atoms with van der Waals surface area (Å²) in [6.45, 7) is 4.14. The molecule has 130 valence electrons. The predicted octanol–water partition coefficient (Wildman–Crippen LogP) is 3.71. The van der Waals surface area contributed by atoms with Gasteiger partial charge in [0, 0.05) is 22.5 Å². The molecule has 0 fully saturated rings. The highest BCUT2D eigenvalue weighted by atomic mass is 35.5. The zero-order valence-electron chi connectivity index (χ0n) is 14.3. The maximum Gasteiger partial charge on any atom is 0.328 e. The van der Waals surface area contributed by atoms with Gasteiger partial charge in [-0.3, -0.25) is 4.99 Å². The minimum atomic E-state index is -0.933. The molecule has 4 nitrogen and oxygen atoms in total. The van der Waals surface area contributed by atoms with E-state index in [2.05, 4.69) is 24.2 Å². The van der Waals surface area contributed by atoms with E-state index in [9.17, 15) is 9.90 Å². The van der Waals surface area contributed by atoms with Crippen molar-refractivity contribution in [1.29, 1.82) is 0 Å². The fraction of sp³-hybridized carbons (Fsp3) is 0.300. The first kappa shape index (κ1) is 17.5. The zero-order chi connectivity index (χ0) is 18.0. The average Bonchev–Trinajstić information content (AvgIpc) is 2.53. The quantitative estimate of drug-likeness (QED) is 0.877. The topological polar surface area (TPSA) is 61.7 Å². The lowest BCUT2D eigenvalue weighted by Gasteiger charge is -2.35. The lowest BCUT2D eigenvalue weighted by Crippen LogP contribution is -2.50. The summed E-state index contributed by atoms with van der Waals surface area (Å²) in [5, 5.41) is 13.7. The smallest absolute Gasteiger partial charge is 0.328 e. The van der Waals surface area contributed by atoms with Gasteiger partial charge in [-0.15, -0.1) is 0 Å². The Balaban J connectivity index is 1.98. The van der Waals surface area contributed by atoms with Crippen LogP contribution in [0.4, 0.5) is 0 Å². The monoisotopic (exact) mass is 356 g/mol. The van der Waals surface area contributed by atoms with Crippen LogP contribution in [0.3, 0.4) is 0 Å². The molecule has 0 amide bonds. The van der Waals surface area contributed by atoms with E-state index >= 15 is 0 Å². The highest BCUT2D eigenvalue weighted by Gasteiger charge is 2.30. The van der Waals surface area contributed by atoms with Gasteiger partial charge >= 0.3 is 5.97 Å². The highest BCUT2D eigenvalue weighted by molar-refractivity contribution is 6.30. The molecule has 0 unspecified atom stereocenters. The third-order valence-electron chi connectivity index (χ3n) is 4.25. The number of carboxylic acids is 1. The van der Waals surface area contributed by atoms with E-state index in [1.165, 1.54) is 0 Å². The number of rotatable bonds is 4. The van der Waals surface area contributed by atoms with Gasteiger partial charge in [0.2, 0.25) is 0 Å². The van der Waals surface area contributed by atoms with Crippen LogP contribution in [0.15, 0.2) is 53.5 Å². The molecule has 0 saturated carbocycles. The molecule has 5 heteroatoms. The summed E-state index contributed by atoms with van der Waals surface area (Å²) in [6.07, 6.45) is 1.16. The average molecular weight is 357 g/mol. The summed E-state index contributed by atoms with van der Waals surface area (Å²) in [5.41, 5.74) is 2.74. The molecule has 1 aliphatic heterocycles. The predicted molar refractivity (Wildman–Crippen MR) is 100 cm³/mol. The van der Waals surface area contributed by atoms with Crippen molar-refractivity contribution in [2.75, 3.05) is 0 Å². The van der Waals surface area contributed by atoms with Crippen molar-refractivity contribution in [1.82, 2.24) is 5.32 Å². The largest absolute Gasteiger partial charge is 0.480 e. The fourth-order valence-electron chi connectivity index (χ4n) is 3.13. The number of hydrogen-bond acceptors (Lipinski definition) is 2. The summed E-state index contributed by atoms with van der Waals surface area (Å²) in [6, 6.07) is 14.4. The van der Waals surface area contributed by atoms with Gasteiger partial charge < -0.3 is 10.4 Å². The van der Waals surface area contributed by atoms with Crippen LogP contribution < -0.4 is 5.32 Å². The van der Waals surface area contributed by atoms with Crippen molar-refractivity contribution >= 4 is 23.4 Å². The Morgan fingerprint density at radius 2 is 2.00 bits per heavy atom. The van der Waals surface area contributed by atoms with Crippen LogP contribution in [0.5, 0.6) is 0 Å². The molecular weight excluding hydrogens is 336 g/mol. The van der Waals surface area contributed by atoms with Gasteiger partial charge in [0.1, 0.15) is 5.84 Å². The first-order chi connectivity index (χ1) is 11.8. The number of hydrogen-bond donors (Lipinski definition) is 2. The molecule has 0 saturated heterocycles. The lowest BCUT2D eigenvalue weighted by atomic mass is 9.87.